The van der Waals surface area contributed by atoms with Gasteiger partial charge in [-0.1, -0.05) is 30.2 Å². The summed E-state index contributed by atoms with van der Waals surface area (Å²) in [6, 6.07) is 7.25. The Morgan fingerprint density at radius 3 is 2.37 bits per heavy atom. The van der Waals surface area contributed by atoms with Crippen molar-refractivity contribution in [2.24, 2.45) is 17.8 Å². The molecule has 1 aromatic rings. The van der Waals surface area contributed by atoms with E-state index in [-0.39, 0.29) is 17.6 Å². The Bertz CT molecular complexity index is 788. The quantitative estimate of drug-likeness (QED) is 0.810. The maximum Gasteiger partial charge on any atom is 0.223 e. The number of rotatable bonds is 5. The van der Waals surface area contributed by atoms with Gasteiger partial charge in [-0.2, -0.15) is 0 Å². The van der Waals surface area contributed by atoms with Gasteiger partial charge in [-0.05, 0) is 61.6 Å². The minimum atomic E-state index is -3.37. The molecule has 0 aromatic heterocycles. The number of halogens is 1. The average Bonchev–Trinajstić information content (AvgIpc) is 3.27. The lowest BCUT2D eigenvalue weighted by Gasteiger charge is -2.32. The average molecular weight is 411 g/mol. The molecular formula is C20H27ClN2O3S. The molecule has 7 heteroatoms. The van der Waals surface area contributed by atoms with Gasteiger partial charge in [0, 0.05) is 30.1 Å². The fourth-order valence-electron chi connectivity index (χ4n) is 5.00. The van der Waals surface area contributed by atoms with Crippen LogP contribution in [0.5, 0.6) is 0 Å². The van der Waals surface area contributed by atoms with E-state index in [2.05, 4.69) is 5.32 Å². The summed E-state index contributed by atoms with van der Waals surface area (Å²) in [5, 5.41) is 3.86. The first-order valence-corrected chi connectivity index (χ1v) is 11.9. The van der Waals surface area contributed by atoms with Crippen LogP contribution in [-0.4, -0.2) is 37.8 Å². The molecule has 2 saturated carbocycles. The molecule has 3 atom stereocenters. The first-order chi connectivity index (χ1) is 12.9. The number of amides is 1. The summed E-state index contributed by atoms with van der Waals surface area (Å²) < 4.78 is 26.9. The van der Waals surface area contributed by atoms with Crippen molar-refractivity contribution in [3.8, 4) is 0 Å². The Morgan fingerprint density at radius 1 is 1.07 bits per heavy atom. The monoisotopic (exact) mass is 410 g/mol. The molecule has 4 rings (SSSR count). The Balaban J connectivity index is 1.29. The number of hydrogen-bond acceptors (Lipinski definition) is 3. The Hall–Kier alpha value is -1.11. The van der Waals surface area contributed by atoms with Crippen molar-refractivity contribution in [3.63, 3.8) is 0 Å². The molecule has 3 aliphatic rings. The van der Waals surface area contributed by atoms with Gasteiger partial charge in [0.05, 0.1) is 5.75 Å². The van der Waals surface area contributed by atoms with E-state index in [1.54, 1.807) is 24.3 Å². The van der Waals surface area contributed by atoms with Crippen LogP contribution in [0, 0.1) is 17.8 Å². The molecule has 1 N–H and O–H groups in total. The minimum absolute atomic E-state index is 0.0217. The molecule has 27 heavy (non-hydrogen) atoms. The largest absolute Gasteiger partial charge is 0.353 e. The lowest BCUT2D eigenvalue weighted by atomic mass is 9.93. The summed E-state index contributed by atoms with van der Waals surface area (Å²) in [5.74, 6) is 1.51. The Kier molecular flexibility index (Phi) is 5.50. The molecule has 2 aliphatic carbocycles. The zero-order chi connectivity index (χ0) is 19.0. The number of piperidine rings is 1. The standard InChI is InChI=1S/C20H27ClN2O3S/c21-18-5-2-14(3-6-18)13-27(25,26)23-9-7-16(8-10-23)20(24)22-19-12-15-1-4-17(19)11-15/h2-3,5-6,15-17,19H,1,4,7-13H2,(H,22,24)/t15-,17-,19-/m1/s1. The van der Waals surface area contributed by atoms with E-state index in [4.69, 9.17) is 11.6 Å². The molecule has 1 amide bonds. The third-order valence-corrected chi connectivity index (χ3v) is 8.65. The second-order valence-electron chi connectivity index (χ2n) is 8.35. The van der Waals surface area contributed by atoms with E-state index in [9.17, 15) is 13.2 Å². The van der Waals surface area contributed by atoms with Gasteiger partial charge in [0.15, 0.2) is 0 Å². The van der Waals surface area contributed by atoms with E-state index in [1.807, 2.05) is 0 Å². The number of nitrogens with one attached hydrogen (secondary N) is 1. The summed E-state index contributed by atoms with van der Waals surface area (Å²) in [6.45, 7) is 0.843. The lowest BCUT2D eigenvalue weighted by molar-refractivity contribution is -0.127. The zero-order valence-electron chi connectivity index (χ0n) is 15.4. The van der Waals surface area contributed by atoms with Crippen LogP contribution in [0.25, 0.3) is 0 Å². The molecule has 1 heterocycles. The molecule has 1 aromatic carbocycles. The first-order valence-electron chi connectivity index (χ1n) is 9.93. The lowest BCUT2D eigenvalue weighted by Crippen LogP contribution is -2.46. The van der Waals surface area contributed by atoms with E-state index in [0.29, 0.717) is 42.9 Å². The number of sulfonamides is 1. The van der Waals surface area contributed by atoms with Gasteiger partial charge in [0.25, 0.3) is 0 Å². The van der Waals surface area contributed by atoms with Gasteiger partial charge in [-0.3, -0.25) is 4.79 Å². The highest BCUT2D eigenvalue weighted by atomic mass is 35.5. The summed E-state index contributed by atoms with van der Waals surface area (Å²) in [4.78, 5) is 12.6. The van der Waals surface area contributed by atoms with E-state index >= 15 is 0 Å². The molecule has 148 valence electrons. The zero-order valence-corrected chi connectivity index (χ0v) is 17.0. The van der Waals surface area contributed by atoms with Crippen molar-refractivity contribution < 1.29 is 13.2 Å². The highest BCUT2D eigenvalue weighted by Gasteiger charge is 2.41. The Morgan fingerprint density at radius 2 is 1.78 bits per heavy atom. The molecule has 0 radical (unpaired) electrons. The van der Waals surface area contributed by atoms with Crippen LogP contribution in [0.4, 0.5) is 0 Å². The van der Waals surface area contributed by atoms with Crippen molar-refractivity contribution in [2.75, 3.05) is 13.1 Å². The van der Waals surface area contributed by atoms with Crippen molar-refractivity contribution in [2.45, 2.75) is 50.3 Å². The predicted molar refractivity (Wildman–Crippen MR) is 106 cm³/mol. The van der Waals surface area contributed by atoms with Gasteiger partial charge in [-0.15, -0.1) is 0 Å². The molecule has 1 saturated heterocycles. The summed E-state index contributed by atoms with van der Waals surface area (Å²) >= 11 is 5.86. The molecule has 3 fully saturated rings. The molecule has 2 bridgehead atoms. The highest BCUT2D eigenvalue weighted by molar-refractivity contribution is 7.88. The number of carbonyl (C=O) groups excluding carboxylic acids is 1. The van der Waals surface area contributed by atoms with Crippen LogP contribution in [0.1, 0.15) is 44.1 Å². The summed E-state index contributed by atoms with van der Waals surface area (Å²) in [7, 11) is -3.37. The molecule has 1 aliphatic heterocycles. The summed E-state index contributed by atoms with van der Waals surface area (Å²) in [5.41, 5.74) is 0.732. The van der Waals surface area contributed by atoms with Crippen molar-refractivity contribution in [3.05, 3.63) is 34.9 Å². The van der Waals surface area contributed by atoms with Gasteiger partial charge in [-0.25, -0.2) is 12.7 Å². The third kappa shape index (κ3) is 4.33. The Labute approximate surface area is 166 Å². The van der Waals surface area contributed by atoms with Crippen molar-refractivity contribution in [1.29, 1.82) is 0 Å². The summed E-state index contributed by atoms with van der Waals surface area (Å²) in [6.07, 6.45) is 6.17. The van der Waals surface area contributed by atoms with Crippen molar-refractivity contribution in [1.82, 2.24) is 9.62 Å². The second kappa shape index (κ2) is 7.72. The van der Waals surface area contributed by atoms with Gasteiger partial charge < -0.3 is 5.32 Å². The third-order valence-electron chi connectivity index (χ3n) is 6.55. The van der Waals surface area contributed by atoms with Gasteiger partial charge >= 0.3 is 0 Å². The maximum atomic E-state index is 12.7. The van der Waals surface area contributed by atoms with E-state index < -0.39 is 10.0 Å². The fourth-order valence-corrected chi connectivity index (χ4v) is 6.69. The SMILES string of the molecule is O=C(N[C@@H]1C[C@@H]2CC[C@@H]1C2)C1CCN(S(=O)(=O)Cc2ccc(Cl)cc2)CC1. The van der Waals surface area contributed by atoms with Gasteiger partial charge in [0.2, 0.25) is 15.9 Å². The number of carbonyl (C=O) groups is 1. The smallest absolute Gasteiger partial charge is 0.223 e. The molecule has 0 unspecified atom stereocenters. The molecular weight excluding hydrogens is 384 g/mol. The topological polar surface area (TPSA) is 66.5 Å². The number of hydrogen-bond donors (Lipinski definition) is 1. The van der Waals surface area contributed by atoms with Crippen LogP contribution in [0.15, 0.2) is 24.3 Å². The number of nitrogens with zero attached hydrogens (tertiary/aromatic N) is 1. The number of benzene rings is 1. The van der Waals surface area contributed by atoms with Crippen LogP contribution in [0.3, 0.4) is 0 Å². The highest BCUT2D eigenvalue weighted by Crippen LogP contribution is 2.44. The van der Waals surface area contributed by atoms with Gasteiger partial charge in [0.1, 0.15) is 0 Å². The fraction of sp³-hybridized carbons (Fsp3) is 0.650. The first kappa shape index (κ1) is 19.2. The molecule has 5 nitrogen and oxygen atoms in total. The van der Waals surface area contributed by atoms with Crippen LogP contribution >= 0.6 is 11.6 Å². The van der Waals surface area contributed by atoms with Crippen LogP contribution in [0.2, 0.25) is 5.02 Å². The predicted octanol–water partition coefficient (Wildman–Crippen LogP) is 3.19. The number of fused-ring (bicyclic) bond motifs is 2. The van der Waals surface area contributed by atoms with E-state index in [0.717, 1.165) is 17.9 Å². The van der Waals surface area contributed by atoms with Crippen LogP contribution < -0.4 is 5.32 Å². The molecule has 0 spiro atoms. The minimum Gasteiger partial charge on any atom is -0.353 e. The van der Waals surface area contributed by atoms with E-state index in [1.165, 1.54) is 23.6 Å². The van der Waals surface area contributed by atoms with Crippen LogP contribution in [-0.2, 0) is 20.6 Å². The normalized spacial score (nSPS) is 29.1. The maximum absolute atomic E-state index is 12.7. The van der Waals surface area contributed by atoms with Crippen molar-refractivity contribution >= 4 is 27.5 Å². The second-order valence-corrected chi connectivity index (χ2v) is 10.8.